The first kappa shape index (κ1) is 25.5. The van der Waals surface area contributed by atoms with Crippen LogP contribution in [0.2, 0.25) is 5.02 Å². The van der Waals surface area contributed by atoms with Crippen LogP contribution in [0, 0.1) is 0 Å². The highest BCUT2D eigenvalue weighted by Crippen LogP contribution is 2.35. The lowest BCUT2D eigenvalue weighted by Crippen LogP contribution is -2.46. The number of carbonyl (C=O) groups excluding carboxylic acids is 2. The summed E-state index contributed by atoms with van der Waals surface area (Å²) >= 11 is 9.17. The van der Waals surface area contributed by atoms with Crippen LogP contribution in [0.25, 0.3) is 0 Å². The van der Waals surface area contributed by atoms with Crippen LogP contribution in [0.15, 0.2) is 39.8 Å². The molecule has 2 amide bonds. The molecule has 0 spiro atoms. The van der Waals surface area contributed by atoms with Gasteiger partial charge < -0.3 is 31.5 Å². The van der Waals surface area contributed by atoms with E-state index in [0.717, 1.165) is 0 Å². The van der Waals surface area contributed by atoms with E-state index in [1.165, 1.54) is 30.3 Å². The summed E-state index contributed by atoms with van der Waals surface area (Å²) in [4.78, 5) is 28.5. The van der Waals surface area contributed by atoms with Crippen molar-refractivity contribution < 1.29 is 28.6 Å². The third-order valence-corrected chi connectivity index (χ3v) is 5.56. The van der Waals surface area contributed by atoms with E-state index in [0.29, 0.717) is 15.1 Å². The molecule has 0 aromatic heterocycles. The van der Waals surface area contributed by atoms with E-state index < -0.39 is 36.9 Å². The van der Waals surface area contributed by atoms with Crippen molar-refractivity contribution in [3.63, 3.8) is 0 Å². The summed E-state index contributed by atoms with van der Waals surface area (Å²) in [5.41, 5.74) is 0.656. The van der Waals surface area contributed by atoms with Gasteiger partial charge in [0.1, 0.15) is 18.0 Å². The SMILES string of the molecule is C[C@@H](NC(=O)CNC(=O)c1cc(O)cc(NC2=NCC(F)(F)CN2)c1)c1cc(Cl)cc(Br)c1O. The van der Waals surface area contributed by atoms with E-state index in [4.69, 9.17) is 11.6 Å². The Bertz CT molecular complexity index is 1150. The van der Waals surface area contributed by atoms with Crippen LogP contribution in [0.5, 0.6) is 11.5 Å². The maximum absolute atomic E-state index is 13.2. The maximum Gasteiger partial charge on any atom is 0.284 e. The summed E-state index contributed by atoms with van der Waals surface area (Å²) in [5, 5.41) is 30.7. The van der Waals surface area contributed by atoms with Crippen molar-refractivity contribution >= 4 is 51.0 Å². The molecule has 1 aliphatic heterocycles. The van der Waals surface area contributed by atoms with Crippen molar-refractivity contribution in [3.8, 4) is 11.5 Å². The van der Waals surface area contributed by atoms with Crippen LogP contribution in [0.4, 0.5) is 14.5 Å². The van der Waals surface area contributed by atoms with Gasteiger partial charge in [0, 0.05) is 27.9 Å². The summed E-state index contributed by atoms with van der Waals surface area (Å²) in [7, 11) is 0. The van der Waals surface area contributed by atoms with Gasteiger partial charge in [-0.15, -0.1) is 0 Å². The minimum absolute atomic E-state index is 0.0292. The molecule has 6 N–H and O–H groups in total. The number of hydrogen-bond donors (Lipinski definition) is 6. The fraction of sp³-hybridized carbons (Fsp3) is 0.286. The molecule has 1 atom stereocenters. The van der Waals surface area contributed by atoms with Crippen LogP contribution in [0.3, 0.4) is 0 Å². The van der Waals surface area contributed by atoms with Crippen LogP contribution < -0.4 is 21.3 Å². The summed E-state index contributed by atoms with van der Waals surface area (Å²) in [6.45, 7) is -0.0234. The monoisotopic (exact) mass is 559 g/mol. The standard InChI is InChI=1S/C21H21BrClF2N5O4/c1-10(15-4-12(23)5-16(22)18(15)33)29-17(32)7-26-19(34)11-2-13(6-14(31)3-11)30-20-27-8-21(24,25)9-28-20/h2-6,10,31,33H,7-9H2,1H3,(H,26,34)(H,29,32)(H2,27,28,30)/t10-/m1/s1. The third kappa shape index (κ3) is 6.70. The van der Waals surface area contributed by atoms with E-state index in [9.17, 15) is 28.6 Å². The minimum Gasteiger partial charge on any atom is -0.508 e. The number of benzene rings is 2. The highest BCUT2D eigenvalue weighted by molar-refractivity contribution is 9.10. The highest BCUT2D eigenvalue weighted by Gasteiger charge is 2.32. The molecule has 0 aliphatic carbocycles. The Labute approximate surface area is 206 Å². The summed E-state index contributed by atoms with van der Waals surface area (Å²) in [6, 6.07) is 6.27. The largest absolute Gasteiger partial charge is 0.508 e. The molecule has 2 aromatic carbocycles. The number of rotatable bonds is 6. The van der Waals surface area contributed by atoms with Crippen molar-refractivity contribution in [2.75, 3.05) is 25.0 Å². The Balaban J connectivity index is 1.59. The number of halogens is 4. The zero-order chi connectivity index (χ0) is 25.0. The molecule has 1 aliphatic rings. The van der Waals surface area contributed by atoms with Crippen LogP contribution in [-0.4, -0.2) is 53.5 Å². The first-order chi connectivity index (χ1) is 15.9. The number of nitrogens with one attached hydrogen (secondary N) is 4. The number of phenols is 2. The molecular weight excluding hydrogens is 540 g/mol. The average molecular weight is 561 g/mol. The number of aliphatic imine (C=N–C) groups is 1. The molecule has 0 fully saturated rings. The number of anilines is 1. The predicted molar refractivity (Wildman–Crippen MR) is 127 cm³/mol. The molecule has 0 saturated heterocycles. The second-order valence-electron chi connectivity index (χ2n) is 7.57. The number of alkyl halides is 2. The van der Waals surface area contributed by atoms with Gasteiger partial charge in [0.2, 0.25) is 5.91 Å². The number of guanidine groups is 1. The molecule has 3 rings (SSSR count). The summed E-state index contributed by atoms with van der Waals surface area (Å²) < 4.78 is 26.8. The Morgan fingerprint density at radius 2 is 2.00 bits per heavy atom. The third-order valence-electron chi connectivity index (χ3n) is 4.74. The van der Waals surface area contributed by atoms with Gasteiger partial charge in [-0.2, -0.15) is 0 Å². The summed E-state index contributed by atoms with van der Waals surface area (Å²) in [6.07, 6.45) is 0. The Morgan fingerprint density at radius 3 is 2.68 bits per heavy atom. The number of phenolic OH excluding ortho intramolecular Hbond substituents is 2. The number of amides is 2. The zero-order valence-corrected chi connectivity index (χ0v) is 20.1. The molecule has 182 valence electrons. The Morgan fingerprint density at radius 1 is 1.26 bits per heavy atom. The van der Waals surface area contributed by atoms with E-state index >= 15 is 0 Å². The molecule has 0 unspecified atom stereocenters. The van der Waals surface area contributed by atoms with E-state index in [1.54, 1.807) is 6.92 Å². The van der Waals surface area contributed by atoms with E-state index in [2.05, 4.69) is 42.2 Å². The maximum atomic E-state index is 13.2. The fourth-order valence-corrected chi connectivity index (χ4v) is 3.94. The van der Waals surface area contributed by atoms with Crippen LogP contribution in [0.1, 0.15) is 28.9 Å². The number of nitrogens with zero attached hydrogens (tertiary/aromatic N) is 1. The lowest BCUT2D eigenvalue weighted by molar-refractivity contribution is -0.120. The highest BCUT2D eigenvalue weighted by atomic mass is 79.9. The lowest BCUT2D eigenvalue weighted by Gasteiger charge is -2.23. The topological polar surface area (TPSA) is 135 Å². The Kier molecular flexibility index (Phi) is 7.82. The first-order valence-electron chi connectivity index (χ1n) is 9.96. The van der Waals surface area contributed by atoms with Gasteiger partial charge in [0.15, 0.2) is 5.96 Å². The van der Waals surface area contributed by atoms with Crippen molar-refractivity contribution in [2.24, 2.45) is 4.99 Å². The zero-order valence-electron chi connectivity index (χ0n) is 17.8. The molecule has 13 heteroatoms. The predicted octanol–water partition coefficient (Wildman–Crippen LogP) is 3.13. The smallest absolute Gasteiger partial charge is 0.284 e. The van der Waals surface area contributed by atoms with E-state index in [1.807, 2.05) is 0 Å². The Hall–Kier alpha value is -3.12. The van der Waals surface area contributed by atoms with Gasteiger partial charge in [-0.25, -0.2) is 13.8 Å². The van der Waals surface area contributed by atoms with Crippen molar-refractivity contribution in [3.05, 3.63) is 51.0 Å². The quantitative estimate of drug-likeness (QED) is 0.321. The minimum atomic E-state index is -2.95. The molecular formula is C21H21BrClF2N5O4. The van der Waals surface area contributed by atoms with E-state index in [-0.39, 0.29) is 35.3 Å². The van der Waals surface area contributed by atoms with Crippen LogP contribution >= 0.6 is 27.5 Å². The molecule has 34 heavy (non-hydrogen) atoms. The first-order valence-corrected chi connectivity index (χ1v) is 11.1. The molecule has 0 radical (unpaired) electrons. The molecule has 1 heterocycles. The van der Waals surface area contributed by atoms with Crippen LogP contribution in [-0.2, 0) is 4.79 Å². The molecule has 2 aromatic rings. The van der Waals surface area contributed by atoms with Crippen molar-refractivity contribution in [1.82, 2.24) is 16.0 Å². The number of carbonyl (C=O) groups is 2. The van der Waals surface area contributed by atoms with Crippen molar-refractivity contribution in [1.29, 1.82) is 0 Å². The van der Waals surface area contributed by atoms with Gasteiger partial charge in [0.25, 0.3) is 11.8 Å². The normalized spacial score (nSPS) is 15.5. The lowest BCUT2D eigenvalue weighted by atomic mass is 10.1. The molecule has 9 nitrogen and oxygen atoms in total. The van der Waals surface area contributed by atoms with Gasteiger partial charge in [-0.1, -0.05) is 11.6 Å². The number of aromatic hydroxyl groups is 2. The molecule has 0 bridgehead atoms. The van der Waals surface area contributed by atoms with Gasteiger partial charge >= 0.3 is 0 Å². The second kappa shape index (κ2) is 10.4. The average Bonchev–Trinajstić information content (AvgIpc) is 2.75. The van der Waals surface area contributed by atoms with Gasteiger partial charge in [-0.05, 0) is 47.1 Å². The number of hydrogen-bond acceptors (Lipinski definition) is 7. The van der Waals surface area contributed by atoms with Gasteiger partial charge in [0.05, 0.1) is 23.6 Å². The molecule has 0 saturated carbocycles. The fourth-order valence-electron chi connectivity index (χ4n) is 3.10. The van der Waals surface area contributed by atoms with Crippen molar-refractivity contribution in [2.45, 2.75) is 18.9 Å². The van der Waals surface area contributed by atoms with Gasteiger partial charge in [-0.3, -0.25) is 9.59 Å². The second-order valence-corrected chi connectivity index (χ2v) is 8.86. The summed E-state index contributed by atoms with van der Waals surface area (Å²) in [5.74, 6) is -4.38.